The molecule has 7 heteroatoms. The van der Waals surface area contributed by atoms with Crippen molar-refractivity contribution in [1.82, 2.24) is 15.1 Å². The smallest absolute Gasteiger partial charge is 0.234 e. The molecule has 0 bridgehead atoms. The van der Waals surface area contributed by atoms with Crippen LogP contribution in [0.15, 0.2) is 36.4 Å². The molecule has 0 aliphatic carbocycles. The summed E-state index contributed by atoms with van der Waals surface area (Å²) in [6.07, 6.45) is 0. The zero-order valence-electron chi connectivity index (χ0n) is 15.8. The molecule has 146 valence electrons. The molecule has 27 heavy (non-hydrogen) atoms. The topological polar surface area (TPSA) is 44.8 Å². The molecule has 2 aromatic rings. The minimum atomic E-state index is -0.0847. The van der Waals surface area contributed by atoms with E-state index in [2.05, 4.69) is 21.2 Å². The van der Waals surface area contributed by atoms with E-state index in [-0.39, 0.29) is 11.9 Å². The maximum Gasteiger partial charge on any atom is 0.234 e. The van der Waals surface area contributed by atoms with Crippen LogP contribution in [-0.4, -0.2) is 55.5 Å². The number of thiophene rings is 1. The van der Waals surface area contributed by atoms with Crippen LogP contribution in [0.2, 0.25) is 4.34 Å². The summed E-state index contributed by atoms with van der Waals surface area (Å²) in [6.45, 7) is 7.07. The molecule has 1 unspecified atom stereocenters. The quantitative estimate of drug-likeness (QED) is 0.764. The molecule has 1 saturated heterocycles. The summed E-state index contributed by atoms with van der Waals surface area (Å²) in [5.41, 5.74) is 0.993. The average Bonchev–Trinajstić information content (AvgIpc) is 3.08. The Morgan fingerprint density at radius 2 is 1.89 bits per heavy atom. The van der Waals surface area contributed by atoms with Crippen molar-refractivity contribution < 1.29 is 9.53 Å². The number of methoxy groups -OCH3 is 1. The summed E-state index contributed by atoms with van der Waals surface area (Å²) in [7, 11) is 1.65. The highest BCUT2D eigenvalue weighted by atomic mass is 35.5. The Morgan fingerprint density at radius 1 is 1.19 bits per heavy atom. The molecule has 1 aliphatic rings. The van der Waals surface area contributed by atoms with E-state index >= 15 is 0 Å². The number of benzene rings is 1. The lowest BCUT2D eigenvalue weighted by atomic mass is 10.1. The van der Waals surface area contributed by atoms with Crippen LogP contribution in [0.4, 0.5) is 0 Å². The number of amides is 1. The first kappa shape index (κ1) is 20.1. The van der Waals surface area contributed by atoms with E-state index in [1.807, 2.05) is 37.3 Å². The van der Waals surface area contributed by atoms with Gasteiger partial charge in [-0.05, 0) is 25.1 Å². The highest BCUT2D eigenvalue weighted by Crippen LogP contribution is 2.24. The van der Waals surface area contributed by atoms with Gasteiger partial charge in [0.25, 0.3) is 0 Å². The second-order valence-corrected chi connectivity index (χ2v) is 8.59. The summed E-state index contributed by atoms with van der Waals surface area (Å²) in [5, 5.41) is 3.08. The third kappa shape index (κ3) is 5.69. The molecule has 1 amide bonds. The van der Waals surface area contributed by atoms with E-state index in [1.165, 1.54) is 4.88 Å². The summed E-state index contributed by atoms with van der Waals surface area (Å²) < 4.78 is 6.22. The van der Waals surface area contributed by atoms with Crippen LogP contribution in [0.3, 0.4) is 0 Å². The second kappa shape index (κ2) is 9.55. The van der Waals surface area contributed by atoms with Crippen LogP contribution in [0.25, 0.3) is 0 Å². The molecular formula is C20H26ClN3O2S. The van der Waals surface area contributed by atoms with Gasteiger partial charge in [-0.25, -0.2) is 0 Å². The first-order chi connectivity index (χ1) is 13.0. The Hall–Kier alpha value is -1.60. The predicted molar refractivity (Wildman–Crippen MR) is 111 cm³/mol. The molecule has 1 N–H and O–H groups in total. The predicted octanol–water partition coefficient (Wildman–Crippen LogP) is 3.41. The molecule has 1 fully saturated rings. The number of hydrogen-bond acceptors (Lipinski definition) is 5. The Labute approximate surface area is 169 Å². The van der Waals surface area contributed by atoms with E-state index in [0.29, 0.717) is 6.54 Å². The van der Waals surface area contributed by atoms with Gasteiger partial charge in [0.2, 0.25) is 5.91 Å². The van der Waals surface area contributed by atoms with Crippen LogP contribution in [0.1, 0.15) is 23.4 Å². The summed E-state index contributed by atoms with van der Waals surface area (Å²) in [5.74, 6) is 0.847. The lowest BCUT2D eigenvalue weighted by Gasteiger charge is -2.34. The Morgan fingerprint density at radius 3 is 2.56 bits per heavy atom. The van der Waals surface area contributed by atoms with Gasteiger partial charge in [0.05, 0.1) is 24.0 Å². The number of carbonyl (C=O) groups is 1. The SMILES string of the molecule is COc1ccccc1C(C)NC(=O)CN1CCN(Cc2ccc(Cl)s2)CC1. The van der Waals surface area contributed by atoms with Crippen molar-refractivity contribution in [3.63, 3.8) is 0 Å². The molecule has 1 atom stereocenters. The van der Waals surface area contributed by atoms with Gasteiger partial charge in [0.1, 0.15) is 5.75 Å². The highest BCUT2D eigenvalue weighted by molar-refractivity contribution is 7.16. The van der Waals surface area contributed by atoms with Gasteiger partial charge in [-0.15, -0.1) is 11.3 Å². The van der Waals surface area contributed by atoms with Crippen LogP contribution < -0.4 is 10.1 Å². The fraction of sp³-hybridized carbons (Fsp3) is 0.450. The first-order valence-corrected chi connectivity index (χ1v) is 10.4. The van der Waals surface area contributed by atoms with Crippen LogP contribution in [0, 0.1) is 0 Å². The zero-order chi connectivity index (χ0) is 19.2. The molecule has 1 aromatic heterocycles. The summed E-state index contributed by atoms with van der Waals surface area (Å²) in [4.78, 5) is 18.4. The van der Waals surface area contributed by atoms with Gasteiger partial charge in [0.15, 0.2) is 0 Å². The number of nitrogens with one attached hydrogen (secondary N) is 1. The van der Waals surface area contributed by atoms with Gasteiger partial charge in [-0.2, -0.15) is 0 Å². The molecular weight excluding hydrogens is 382 g/mol. The maximum absolute atomic E-state index is 12.4. The number of para-hydroxylation sites is 1. The summed E-state index contributed by atoms with van der Waals surface area (Å²) in [6, 6.07) is 11.7. The second-order valence-electron chi connectivity index (χ2n) is 6.79. The average molecular weight is 408 g/mol. The largest absolute Gasteiger partial charge is 0.496 e. The van der Waals surface area contributed by atoms with Crippen molar-refractivity contribution in [2.75, 3.05) is 39.8 Å². The van der Waals surface area contributed by atoms with Gasteiger partial charge >= 0.3 is 0 Å². The minimum Gasteiger partial charge on any atom is -0.496 e. The van der Waals surface area contributed by atoms with Crippen molar-refractivity contribution in [1.29, 1.82) is 0 Å². The van der Waals surface area contributed by atoms with E-state index in [0.717, 1.165) is 48.4 Å². The third-order valence-corrected chi connectivity index (χ3v) is 6.04. The normalized spacial score (nSPS) is 16.9. The van der Waals surface area contributed by atoms with Crippen molar-refractivity contribution >= 4 is 28.8 Å². The Kier molecular flexibility index (Phi) is 7.13. The van der Waals surface area contributed by atoms with E-state index < -0.39 is 0 Å². The Bertz CT molecular complexity index is 759. The number of carbonyl (C=O) groups excluding carboxylic acids is 1. The number of ether oxygens (including phenoxy) is 1. The fourth-order valence-electron chi connectivity index (χ4n) is 3.35. The van der Waals surface area contributed by atoms with Crippen molar-refractivity contribution in [2.24, 2.45) is 0 Å². The number of rotatable bonds is 7. The van der Waals surface area contributed by atoms with E-state index in [9.17, 15) is 4.79 Å². The third-order valence-electron chi connectivity index (χ3n) is 4.82. The van der Waals surface area contributed by atoms with Crippen molar-refractivity contribution in [2.45, 2.75) is 19.5 Å². The lowest BCUT2D eigenvalue weighted by molar-refractivity contribution is -0.123. The van der Waals surface area contributed by atoms with E-state index in [1.54, 1.807) is 18.4 Å². The van der Waals surface area contributed by atoms with Gasteiger partial charge in [-0.3, -0.25) is 14.6 Å². The number of hydrogen-bond donors (Lipinski definition) is 1. The first-order valence-electron chi connectivity index (χ1n) is 9.16. The van der Waals surface area contributed by atoms with Crippen LogP contribution in [-0.2, 0) is 11.3 Å². The molecule has 0 radical (unpaired) electrons. The molecule has 0 spiro atoms. The lowest BCUT2D eigenvalue weighted by Crippen LogP contribution is -2.49. The number of nitrogens with zero attached hydrogens (tertiary/aromatic N) is 2. The van der Waals surface area contributed by atoms with Crippen LogP contribution in [0.5, 0.6) is 5.75 Å². The van der Waals surface area contributed by atoms with Crippen LogP contribution >= 0.6 is 22.9 Å². The molecule has 0 saturated carbocycles. The maximum atomic E-state index is 12.4. The molecule has 2 heterocycles. The highest BCUT2D eigenvalue weighted by Gasteiger charge is 2.21. The molecule has 5 nitrogen and oxygen atoms in total. The minimum absolute atomic E-state index is 0.0481. The van der Waals surface area contributed by atoms with Gasteiger partial charge in [-0.1, -0.05) is 29.8 Å². The summed E-state index contributed by atoms with van der Waals surface area (Å²) >= 11 is 7.64. The molecule has 1 aromatic carbocycles. The van der Waals surface area contributed by atoms with Crippen molar-refractivity contribution in [3.8, 4) is 5.75 Å². The van der Waals surface area contributed by atoms with Crippen molar-refractivity contribution in [3.05, 3.63) is 51.2 Å². The standard InChI is InChI=1S/C20H26ClN3O2S/c1-15(17-5-3-4-6-18(17)26-2)22-20(25)14-24-11-9-23(10-12-24)13-16-7-8-19(21)27-16/h3-8,15H,9-14H2,1-2H3,(H,22,25). The van der Waals surface area contributed by atoms with Gasteiger partial charge < -0.3 is 10.1 Å². The molecule has 1 aliphatic heterocycles. The Balaban J connectivity index is 1.44. The van der Waals surface area contributed by atoms with E-state index in [4.69, 9.17) is 16.3 Å². The fourth-order valence-corrected chi connectivity index (χ4v) is 4.48. The zero-order valence-corrected chi connectivity index (χ0v) is 17.4. The number of piperazine rings is 1. The monoisotopic (exact) mass is 407 g/mol. The number of halogens is 1. The van der Waals surface area contributed by atoms with Gasteiger partial charge in [0, 0.05) is 43.2 Å². The molecule has 3 rings (SSSR count).